The van der Waals surface area contributed by atoms with Gasteiger partial charge in [0.15, 0.2) is 0 Å². The van der Waals surface area contributed by atoms with E-state index in [9.17, 15) is 9.59 Å². The van der Waals surface area contributed by atoms with Gasteiger partial charge in [0, 0.05) is 18.3 Å². The van der Waals surface area contributed by atoms with Crippen LogP contribution < -0.4 is 10.2 Å². The van der Waals surface area contributed by atoms with Crippen LogP contribution in [0.15, 0.2) is 36.4 Å². The van der Waals surface area contributed by atoms with E-state index in [1.54, 1.807) is 11.0 Å². The quantitative estimate of drug-likeness (QED) is 0.663. The van der Waals surface area contributed by atoms with Crippen LogP contribution in [0.5, 0.6) is 0 Å². The molecule has 1 N–H and O–H groups in total. The lowest BCUT2D eigenvalue weighted by Gasteiger charge is -2.22. The molecule has 1 heterocycles. The Bertz CT molecular complexity index is 525. The summed E-state index contributed by atoms with van der Waals surface area (Å²) in [6, 6.07) is 7.30. The third kappa shape index (κ3) is 2.76. The van der Waals surface area contributed by atoms with Crippen molar-refractivity contribution in [3.63, 3.8) is 0 Å². The fraction of sp³-hybridized carbons (Fsp3) is 0.286. The number of hydrogen-bond donors (Lipinski definition) is 1. The first-order valence-electron chi connectivity index (χ1n) is 6.02. The molecule has 2 amide bonds. The molecule has 0 spiro atoms. The van der Waals surface area contributed by atoms with E-state index < -0.39 is 5.97 Å². The molecular weight excluding hydrogens is 244 g/mol. The van der Waals surface area contributed by atoms with Crippen molar-refractivity contribution in [3.05, 3.63) is 42.0 Å². The lowest BCUT2D eigenvalue weighted by molar-refractivity contribution is -0.134. The van der Waals surface area contributed by atoms with E-state index >= 15 is 0 Å². The number of rotatable bonds is 3. The van der Waals surface area contributed by atoms with Crippen molar-refractivity contribution in [2.45, 2.75) is 13.0 Å². The van der Waals surface area contributed by atoms with E-state index in [2.05, 4.69) is 10.1 Å². The maximum absolute atomic E-state index is 11.9. The first kappa shape index (κ1) is 13.1. The molecular formula is C14H16N2O3. The molecule has 5 nitrogen and oxygen atoms in total. The zero-order valence-corrected chi connectivity index (χ0v) is 10.9. The number of hydrogen-bond acceptors (Lipinski definition) is 3. The summed E-state index contributed by atoms with van der Waals surface area (Å²) in [6.07, 6.45) is 3.02. The molecule has 0 aromatic heterocycles. The second kappa shape index (κ2) is 5.56. The van der Waals surface area contributed by atoms with Gasteiger partial charge in [-0.1, -0.05) is 24.3 Å². The van der Waals surface area contributed by atoms with Crippen LogP contribution >= 0.6 is 0 Å². The molecule has 0 radical (unpaired) electrons. The smallest absolute Gasteiger partial charge is 0.330 e. The Balaban J connectivity index is 2.26. The fourth-order valence-corrected chi connectivity index (χ4v) is 2.05. The van der Waals surface area contributed by atoms with Crippen LogP contribution in [0.3, 0.4) is 0 Å². The largest absolute Gasteiger partial charge is 0.466 e. The van der Waals surface area contributed by atoms with Crippen molar-refractivity contribution in [2.24, 2.45) is 0 Å². The van der Waals surface area contributed by atoms with E-state index in [0.29, 0.717) is 6.54 Å². The van der Waals surface area contributed by atoms with Crippen LogP contribution in [0.25, 0.3) is 0 Å². The topological polar surface area (TPSA) is 58.6 Å². The lowest BCUT2D eigenvalue weighted by atomic mass is 10.1. The van der Waals surface area contributed by atoms with Gasteiger partial charge in [-0.25, -0.2) is 9.59 Å². The number of nitrogens with zero attached hydrogens (tertiary/aromatic N) is 1. The number of carbonyl (C=O) groups is 2. The molecule has 5 heteroatoms. The number of urea groups is 1. The number of para-hydroxylation sites is 1. The Labute approximate surface area is 111 Å². The predicted molar refractivity (Wildman–Crippen MR) is 72.0 cm³/mol. The molecule has 1 aromatic rings. The van der Waals surface area contributed by atoms with Gasteiger partial charge in [-0.3, -0.25) is 4.90 Å². The third-order valence-electron chi connectivity index (χ3n) is 3.04. The number of carbonyl (C=O) groups excluding carboxylic acids is 2. The predicted octanol–water partition coefficient (Wildman–Crippen LogP) is 1.62. The highest BCUT2D eigenvalue weighted by atomic mass is 16.5. The van der Waals surface area contributed by atoms with Crippen LogP contribution in [-0.2, 0) is 9.53 Å². The Morgan fingerprint density at radius 2 is 2.21 bits per heavy atom. The molecule has 1 aliphatic rings. The second-order valence-corrected chi connectivity index (χ2v) is 4.29. The highest BCUT2D eigenvalue weighted by molar-refractivity contribution is 5.96. The number of amides is 2. The highest BCUT2D eigenvalue weighted by Gasteiger charge is 2.30. The van der Waals surface area contributed by atoms with Gasteiger partial charge in [0.25, 0.3) is 0 Å². The Hall–Kier alpha value is -2.30. The van der Waals surface area contributed by atoms with E-state index in [-0.39, 0.29) is 12.1 Å². The Kier molecular flexibility index (Phi) is 3.85. The van der Waals surface area contributed by atoms with Crippen molar-refractivity contribution < 1.29 is 14.3 Å². The van der Waals surface area contributed by atoms with Crippen molar-refractivity contribution >= 4 is 17.7 Å². The van der Waals surface area contributed by atoms with E-state index in [0.717, 1.165) is 11.3 Å². The number of ether oxygens (including phenoxy) is 1. The molecule has 0 saturated carbocycles. The summed E-state index contributed by atoms with van der Waals surface area (Å²) in [5.41, 5.74) is 1.85. The molecule has 19 heavy (non-hydrogen) atoms. The van der Waals surface area contributed by atoms with Gasteiger partial charge in [-0.2, -0.15) is 0 Å². The highest BCUT2D eigenvalue weighted by Crippen LogP contribution is 2.24. The molecule has 1 aromatic carbocycles. The summed E-state index contributed by atoms with van der Waals surface area (Å²) < 4.78 is 4.55. The van der Waals surface area contributed by atoms with E-state index in [1.165, 1.54) is 13.2 Å². The maximum atomic E-state index is 11.9. The Morgan fingerprint density at radius 1 is 1.47 bits per heavy atom. The number of nitrogens with one attached hydrogen (secondary N) is 1. The molecule has 1 fully saturated rings. The summed E-state index contributed by atoms with van der Waals surface area (Å²) in [7, 11) is 1.32. The summed E-state index contributed by atoms with van der Waals surface area (Å²) in [5, 5.41) is 2.77. The molecule has 1 unspecified atom stereocenters. The third-order valence-corrected chi connectivity index (χ3v) is 3.04. The van der Waals surface area contributed by atoms with Crippen molar-refractivity contribution in [2.75, 3.05) is 18.6 Å². The zero-order valence-electron chi connectivity index (χ0n) is 10.9. The summed E-state index contributed by atoms with van der Waals surface area (Å²) in [5.74, 6) is -0.427. The molecule has 0 aliphatic carbocycles. The first-order valence-corrected chi connectivity index (χ1v) is 6.02. The van der Waals surface area contributed by atoms with Gasteiger partial charge in [0.2, 0.25) is 0 Å². The summed E-state index contributed by atoms with van der Waals surface area (Å²) >= 11 is 0. The Morgan fingerprint density at radius 3 is 2.89 bits per heavy atom. The molecule has 1 saturated heterocycles. The van der Waals surface area contributed by atoms with Gasteiger partial charge < -0.3 is 10.1 Å². The average molecular weight is 260 g/mol. The van der Waals surface area contributed by atoms with Gasteiger partial charge >= 0.3 is 12.0 Å². The van der Waals surface area contributed by atoms with Crippen LogP contribution in [-0.4, -0.2) is 31.7 Å². The molecule has 2 rings (SSSR count). The molecule has 1 atom stereocenters. The SMILES string of the molecule is COC(=O)C=CC1CNC(=O)N1c1ccccc1C. The van der Waals surface area contributed by atoms with E-state index in [1.807, 2.05) is 31.2 Å². The minimum atomic E-state index is -0.427. The number of aryl methyl sites for hydroxylation is 1. The maximum Gasteiger partial charge on any atom is 0.330 e. The summed E-state index contributed by atoms with van der Waals surface area (Å²) in [6.45, 7) is 2.42. The summed E-state index contributed by atoms with van der Waals surface area (Å²) in [4.78, 5) is 24.7. The number of esters is 1. The normalized spacial score (nSPS) is 18.7. The molecule has 1 aliphatic heterocycles. The monoisotopic (exact) mass is 260 g/mol. The second-order valence-electron chi connectivity index (χ2n) is 4.29. The standard InChI is InChI=1S/C14H16N2O3/c1-10-5-3-4-6-12(10)16-11(9-15-14(16)18)7-8-13(17)19-2/h3-8,11H,9H2,1-2H3,(H,15,18). The van der Waals surface area contributed by atoms with Gasteiger partial charge in [0.1, 0.15) is 0 Å². The average Bonchev–Trinajstić information content (AvgIpc) is 2.78. The lowest BCUT2D eigenvalue weighted by Crippen LogP contribution is -2.33. The number of methoxy groups -OCH3 is 1. The van der Waals surface area contributed by atoms with Crippen LogP contribution in [0, 0.1) is 6.92 Å². The fourth-order valence-electron chi connectivity index (χ4n) is 2.05. The molecule has 100 valence electrons. The molecule has 0 bridgehead atoms. The minimum Gasteiger partial charge on any atom is -0.466 e. The van der Waals surface area contributed by atoms with Crippen LogP contribution in [0.2, 0.25) is 0 Å². The van der Waals surface area contributed by atoms with Gasteiger partial charge in [-0.05, 0) is 18.6 Å². The van der Waals surface area contributed by atoms with Crippen molar-refractivity contribution in [3.8, 4) is 0 Å². The van der Waals surface area contributed by atoms with Crippen LogP contribution in [0.4, 0.5) is 10.5 Å². The first-order chi connectivity index (χ1) is 9.13. The van der Waals surface area contributed by atoms with E-state index in [4.69, 9.17) is 0 Å². The van der Waals surface area contributed by atoms with Crippen molar-refractivity contribution in [1.29, 1.82) is 0 Å². The van der Waals surface area contributed by atoms with Gasteiger partial charge in [-0.15, -0.1) is 0 Å². The zero-order chi connectivity index (χ0) is 13.8. The van der Waals surface area contributed by atoms with Gasteiger partial charge in [0.05, 0.1) is 13.2 Å². The van der Waals surface area contributed by atoms with Crippen molar-refractivity contribution in [1.82, 2.24) is 5.32 Å². The number of benzene rings is 1. The minimum absolute atomic E-state index is 0.159. The van der Waals surface area contributed by atoms with Crippen LogP contribution in [0.1, 0.15) is 5.56 Å². The number of anilines is 1.